The fourth-order valence-electron chi connectivity index (χ4n) is 6.46. The van der Waals surface area contributed by atoms with Gasteiger partial charge in [-0.3, -0.25) is 14.4 Å². The minimum absolute atomic E-state index is 0.0702. The highest BCUT2D eigenvalue weighted by Gasteiger charge is 2.27. The highest BCUT2D eigenvalue weighted by atomic mass is 32.2. The highest BCUT2D eigenvalue weighted by molar-refractivity contribution is 7.81. The van der Waals surface area contributed by atoms with Crippen molar-refractivity contribution in [2.24, 2.45) is 0 Å². The molecule has 12 nitrogen and oxygen atoms in total. The summed E-state index contributed by atoms with van der Waals surface area (Å²) in [7, 11) is 2.45. The molecule has 7 rings (SSSR count). The van der Waals surface area contributed by atoms with Gasteiger partial charge in [0.15, 0.2) is 11.5 Å². The largest absolute Gasteiger partial charge is 0.439 e. The number of nitrogens with zero attached hydrogens (tertiary/aromatic N) is 6. The zero-order valence-electron chi connectivity index (χ0n) is 25.9. The van der Waals surface area contributed by atoms with Gasteiger partial charge < -0.3 is 23.8 Å². The molecular formula is C32H35N7O5S2. The Morgan fingerprint density at radius 1 is 1.13 bits per heavy atom. The van der Waals surface area contributed by atoms with E-state index in [0.717, 1.165) is 36.7 Å². The van der Waals surface area contributed by atoms with Crippen molar-refractivity contribution in [3.8, 4) is 11.3 Å². The number of rotatable bonds is 7. The van der Waals surface area contributed by atoms with Crippen LogP contribution in [0.4, 0.5) is 5.88 Å². The fourth-order valence-corrected chi connectivity index (χ4v) is 8.04. The Balaban J connectivity index is 1.18. The van der Waals surface area contributed by atoms with Crippen LogP contribution in [-0.2, 0) is 17.4 Å². The normalized spacial score (nSPS) is 16.9. The summed E-state index contributed by atoms with van der Waals surface area (Å²) in [5.41, 5.74) is 3.02. The Kier molecular flexibility index (Phi) is 8.11. The molecule has 240 valence electrons. The third kappa shape index (κ3) is 5.58. The van der Waals surface area contributed by atoms with Crippen molar-refractivity contribution in [3.63, 3.8) is 0 Å². The molecule has 1 N–H and O–H groups in total. The van der Waals surface area contributed by atoms with Crippen molar-refractivity contribution in [1.82, 2.24) is 28.7 Å². The zero-order valence-corrected chi connectivity index (χ0v) is 27.6. The van der Waals surface area contributed by atoms with Gasteiger partial charge in [0.2, 0.25) is 5.43 Å². The Labute approximate surface area is 271 Å². The van der Waals surface area contributed by atoms with E-state index in [9.17, 15) is 18.6 Å². The monoisotopic (exact) mass is 661 g/mol. The maximum absolute atomic E-state index is 13.4. The fraction of sp³-hybridized carbons (Fsp3) is 0.406. The summed E-state index contributed by atoms with van der Waals surface area (Å²) in [6.07, 6.45) is 7.83. The maximum atomic E-state index is 13.4. The van der Waals surface area contributed by atoms with Gasteiger partial charge in [0, 0.05) is 87.6 Å². The molecule has 0 bridgehead atoms. The first-order chi connectivity index (χ1) is 22.2. The number of aromatic amines is 1. The molecule has 1 aliphatic heterocycles. The number of thiophene rings is 1. The highest BCUT2D eigenvalue weighted by Crippen LogP contribution is 2.35. The van der Waals surface area contributed by atoms with Gasteiger partial charge in [0.1, 0.15) is 21.9 Å². The standard InChI is InChI=1S/C32H35N7O5S2/c1-36(2)32(42)24-14-20-17-33-26(35-30(20)39(24)21-6-4-5-7-21)15-19-8-9-23(34-31(19)41)22-18-45-29-25(40)16-27(44-28(22)29)37-10-12-38(13-11-37)46(3)43/h8-9,14,16-18,21H,4-7,10-13,15H2,1-3H3,(H,34,41)/t46-/m0/s1. The minimum atomic E-state index is -1.04. The van der Waals surface area contributed by atoms with Crippen molar-refractivity contribution >= 4 is 55.4 Å². The van der Waals surface area contributed by atoms with Crippen LogP contribution in [0.15, 0.2) is 49.8 Å². The molecule has 1 aliphatic carbocycles. The number of carbonyl (C=O) groups excluding carboxylic acids is 1. The molecule has 1 atom stereocenters. The Morgan fingerprint density at radius 3 is 2.59 bits per heavy atom. The minimum Gasteiger partial charge on any atom is -0.439 e. The maximum Gasteiger partial charge on any atom is 0.270 e. The van der Waals surface area contributed by atoms with Gasteiger partial charge in [-0.25, -0.2) is 18.5 Å². The molecule has 0 spiro atoms. The third-order valence-corrected chi connectivity index (χ3v) is 11.0. The van der Waals surface area contributed by atoms with E-state index in [-0.39, 0.29) is 29.4 Å². The average Bonchev–Trinajstić information content (AvgIpc) is 3.80. The van der Waals surface area contributed by atoms with Crippen LogP contribution in [-0.4, -0.2) is 85.4 Å². The molecular weight excluding hydrogens is 627 g/mol. The molecule has 5 aromatic rings. The molecule has 0 radical (unpaired) electrons. The van der Waals surface area contributed by atoms with E-state index >= 15 is 0 Å². The van der Waals surface area contributed by atoms with Crippen LogP contribution >= 0.6 is 11.3 Å². The molecule has 1 saturated heterocycles. The van der Waals surface area contributed by atoms with Gasteiger partial charge in [-0.15, -0.1) is 11.3 Å². The van der Waals surface area contributed by atoms with Crippen LogP contribution in [0.2, 0.25) is 0 Å². The van der Waals surface area contributed by atoms with Crippen molar-refractivity contribution in [3.05, 3.63) is 73.5 Å². The predicted molar refractivity (Wildman–Crippen MR) is 180 cm³/mol. The average molecular weight is 662 g/mol. The van der Waals surface area contributed by atoms with Gasteiger partial charge in [0.05, 0.1) is 22.2 Å². The van der Waals surface area contributed by atoms with Gasteiger partial charge in [-0.2, -0.15) is 0 Å². The number of amides is 1. The summed E-state index contributed by atoms with van der Waals surface area (Å²) >= 11 is 1.28. The van der Waals surface area contributed by atoms with Crippen LogP contribution in [0.1, 0.15) is 53.6 Å². The summed E-state index contributed by atoms with van der Waals surface area (Å²) in [4.78, 5) is 55.4. The molecule has 1 saturated carbocycles. The Hall–Kier alpha value is -4.14. The zero-order chi connectivity index (χ0) is 32.1. The molecule has 14 heteroatoms. The predicted octanol–water partition coefficient (Wildman–Crippen LogP) is 3.78. The van der Waals surface area contributed by atoms with Gasteiger partial charge in [0.25, 0.3) is 11.5 Å². The molecule has 1 amide bonds. The third-order valence-electron chi connectivity index (χ3n) is 8.92. The summed E-state index contributed by atoms with van der Waals surface area (Å²) in [6.45, 7) is 2.39. The van der Waals surface area contributed by atoms with Crippen LogP contribution in [0.25, 0.3) is 32.6 Å². The first-order valence-corrected chi connectivity index (χ1v) is 17.8. The van der Waals surface area contributed by atoms with E-state index in [2.05, 4.69) is 14.5 Å². The Morgan fingerprint density at radius 2 is 1.89 bits per heavy atom. The molecule has 46 heavy (non-hydrogen) atoms. The van der Waals surface area contributed by atoms with Crippen molar-refractivity contribution in [1.29, 1.82) is 0 Å². The lowest BCUT2D eigenvalue weighted by molar-refractivity contribution is 0.0815. The summed E-state index contributed by atoms with van der Waals surface area (Å²) in [5.74, 6) is 0.887. The van der Waals surface area contributed by atoms with E-state index in [4.69, 9.17) is 9.40 Å². The first-order valence-electron chi connectivity index (χ1n) is 15.4. The molecule has 5 aromatic heterocycles. The lowest BCUT2D eigenvalue weighted by Gasteiger charge is -2.33. The molecule has 0 aromatic carbocycles. The topological polar surface area (TPSA) is 138 Å². The van der Waals surface area contributed by atoms with Gasteiger partial charge in [-0.05, 0) is 25.0 Å². The molecule has 6 heterocycles. The second kappa shape index (κ2) is 12.2. The SMILES string of the molecule is CN(C)C(=O)c1cc2cnc(Cc3ccc(-c4csc5c(=O)cc(N6CCN([S@](C)=O)CC6)oc45)[nH]c3=O)nc2n1C1CCCC1. The van der Waals surface area contributed by atoms with Crippen molar-refractivity contribution < 1.29 is 13.4 Å². The second-order valence-electron chi connectivity index (χ2n) is 12.1. The number of H-pyrrole nitrogens is 1. The number of aromatic nitrogens is 4. The number of fused-ring (bicyclic) bond motifs is 2. The quantitative estimate of drug-likeness (QED) is 0.278. The number of carbonyl (C=O) groups is 1. The van der Waals surface area contributed by atoms with Gasteiger partial charge in [-0.1, -0.05) is 18.9 Å². The molecule has 2 fully saturated rings. The van der Waals surface area contributed by atoms with Crippen LogP contribution in [0, 0.1) is 0 Å². The summed E-state index contributed by atoms with van der Waals surface area (Å²) in [5, 5.41) is 2.63. The number of anilines is 1. The van der Waals surface area contributed by atoms with Crippen LogP contribution in [0.3, 0.4) is 0 Å². The van der Waals surface area contributed by atoms with Crippen LogP contribution in [0.5, 0.6) is 0 Å². The van der Waals surface area contributed by atoms with E-state index in [1.165, 1.54) is 17.4 Å². The lowest BCUT2D eigenvalue weighted by atomic mass is 10.1. The summed E-state index contributed by atoms with van der Waals surface area (Å²) in [6, 6.07) is 7.15. The van der Waals surface area contributed by atoms with E-state index in [1.807, 2.05) is 26.7 Å². The number of hydrogen-bond donors (Lipinski definition) is 1. The Bertz CT molecular complexity index is 2100. The summed E-state index contributed by atoms with van der Waals surface area (Å²) < 4.78 is 22.5. The smallest absolute Gasteiger partial charge is 0.270 e. The number of pyridine rings is 1. The number of piperazine rings is 1. The second-order valence-corrected chi connectivity index (χ2v) is 14.3. The molecule has 0 unspecified atom stereocenters. The van der Waals surface area contributed by atoms with E-state index in [0.29, 0.717) is 70.7 Å². The van der Waals surface area contributed by atoms with Gasteiger partial charge >= 0.3 is 0 Å². The lowest BCUT2D eigenvalue weighted by Crippen LogP contribution is -2.46. The van der Waals surface area contributed by atoms with Crippen LogP contribution < -0.4 is 15.9 Å². The number of nitrogens with one attached hydrogen (secondary N) is 1. The van der Waals surface area contributed by atoms with Crippen molar-refractivity contribution in [2.75, 3.05) is 51.4 Å². The van der Waals surface area contributed by atoms with Crippen molar-refractivity contribution in [2.45, 2.75) is 38.1 Å². The van der Waals surface area contributed by atoms with E-state index in [1.54, 1.807) is 37.5 Å². The van der Waals surface area contributed by atoms with E-state index < -0.39 is 11.0 Å². The first kappa shape index (κ1) is 30.5. The number of hydrogen-bond acceptors (Lipinski definition) is 9. The molecule has 2 aliphatic rings.